The lowest BCUT2D eigenvalue weighted by molar-refractivity contribution is -0.384. The molecule has 9 heteroatoms. The summed E-state index contributed by atoms with van der Waals surface area (Å²) < 4.78 is 10.2. The molecule has 9 nitrogen and oxygen atoms in total. The van der Waals surface area contributed by atoms with Gasteiger partial charge in [-0.05, 0) is 19.1 Å². The molecule has 1 heterocycles. The van der Waals surface area contributed by atoms with Crippen LogP contribution in [-0.4, -0.2) is 42.0 Å². The minimum Gasteiger partial charge on any atom is -0.468 e. The summed E-state index contributed by atoms with van der Waals surface area (Å²) in [5.74, 6) is -0.927. The minimum absolute atomic E-state index is 0.0473. The van der Waals surface area contributed by atoms with Crippen LogP contribution in [0.25, 0.3) is 0 Å². The molecule has 1 amide bonds. The number of esters is 1. The van der Waals surface area contributed by atoms with Crippen LogP contribution in [0.2, 0.25) is 0 Å². The number of hydrogen-bond donors (Lipinski definition) is 0. The highest BCUT2D eigenvalue weighted by molar-refractivity contribution is 6.03. The zero-order valence-electron chi connectivity index (χ0n) is 14.2. The number of ether oxygens (including phenoxy) is 2. The van der Waals surface area contributed by atoms with Crippen LogP contribution in [-0.2, 0) is 9.53 Å². The fourth-order valence-corrected chi connectivity index (χ4v) is 2.09. The van der Waals surface area contributed by atoms with E-state index < -0.39 is 16.8 Å². The molecule has 2 rings (SSSR count). The smallest absolute Gasteiger partial charge is 0.340 e. The van der Waals surface area contributed by atoms with Crippen molar-refractivity contribution in [3.05, 3.63) is 58.3 Å². The van der Waals surface area contributed by atoms with Crippen molar-refractivity contribution in [1.82, 2.24) is 4.98 Å². The summed E-state index contributed by atoms with van der Waals surface area (Å²) in [6, 6.07) is 8.58. The molecule has 0 radical (unpaired) electrons. The van der Waals surface area contributed by atoms with Gasteiger partial charge in [-0.2, -0.15) is 0 Å². The number of non-ortho nitro benzene ring substituents is 1. The average molecular weight is 359 g/mol. The molecule has 0 aliphatic rings. The van der Waals surface area contributed by atoms with Crippen LogP contribution in [0.5, 0.6) is 5.88 Å². The van der Waals surface area contributed by atoms with Gasteiger partial charge >= 0.3 is 5.97 Å². The van der Waals surface area contributed by atoms with Crippen molar-refractivity contribution in [2.75, 3.05) is 25.2 Å². The van der Waals surface area contributed by atoms with Gasteiger partial charge in [0.25, 0.3) is 11.6 Å². The van der Waals surface area contributed by atoms with Gasteiger partial charge in [-0.3, -0.25) is 14.9 Å². The van der Waals surface area contributed by atoms with E-state index in [0.29, 0.717) is 0 Å². The molecule has 0 fully saturated rings. The van der Waals surface area contributed by atoms with Crippen LogP contribution in [0.1, 0.15) is 17.3 Å². The highest BCUT2D eigenvalue weighted by Crippen LogP contribution is 2.26. The summed E-state index contributed by atoms with van der Waals surface area (Å²) in [6.45, 7) is 1.42. The molecular formula is C17H17N3O6. The third-order valence-corrected chi connectivity index (χ3v) is 3.40. The molecule has 0 bridgehead atoms. The Balaban J connectivity index is 2.25. The Morgan fingerprint density at radius 1 is 1.27 bits per heavy atom. The van der Waals surface area contributed by atoms with Crippen molar-refractivity contribution in [2.24, 2.45) is 0 Å². The number of aromatic nitrogens is 1. The van der Waals surface area contributed by atoms with Gasteiger partial charge < -0.3 is 14.4 Å². The van der Waals surface area contributed by atoms with Gasteiger partial charge in [0.1, 0.15) is 0 Å². The maximum atomic E-state index is 12.4. The maximum absolute atomic E-state index is 12.4. The number of hydrogen-bond acceptors (Lipinski definition) is 7. The summed E-state index contributed by atoms with van der Waals surface area (Å²) in [5, 5.41) is 11.0. The van der Waals surface area contributed by atoms with E-state index in [-0.39, 0.29) is 36.0 Å². The summed E-state index contributed by atoms with van der Waals surface area (Å²) >= 11 is 0. The highest BCUT2D eigenvalue weighted by atomic mass is 16.6. The van der Waals surface area contributed by atoms with E-state index in [1.165, 1.54) is 25.4 Å². The van der Waals surface area contributed by atoms with E-state index >= 15 is 0 Å². The second-order valence-electron chi connectivity index (χ2n) is 5.09. The van der Waals surface area contributed by atoms with Crippen LogP contribution >= 0.6 is 0 Å². The van der Waals surface area contributed by atoms with Crippen molar-refractivity contribution in [1.29, 1.82) is 0 Å². The Morgan fingerprint density at radius 2 is 2.04 bits per heavy atom. The lowest BCUT2D eigenvalue weighted by Crippen LogP contribution is -2.32. The predicted molar refractivity (Wildman–Crippen MR) is 92.2 cm³/mol. The van der Waals surface area contributed by atoms with E-state index in [9.17, 15) is 19.7 Å². The standard InChI is InChI=1S/C17H17N3O6/c1-3-25-17(22)13-8-7-12(20(23)24)10-14(13)19(2)16(21)11-26-15-6-4-5-9-18-15/h4-10H,3,11H2,1-2H3. The molecule has 0 aliphatic carbocycles. The first-order chi connectivity index (χ1) is 12.4. The molecule has 0 saturated heterocycles. The van der Waals surface area contributed by atoms with Gasteiger partial charge in [0.05, 0.1) is 22.8 Å². The number of carbonyl (C=O) groups excluding carboxylic acids is 2. The van der Waals surface area contributed by atoms with Crippen molar-refractivity contribution in [3.8, 4) is 5.88 Å². The lowest BCUT2D eigenvalue weighted by Gasteiger charge is -2.20. The van der Waals surface area contributed by atoms with Gasteiger partial charge in [0, 0.05) is 31.4 Å². The fourth-order valence-electron chi connectivity index (χ4n) is 2.09. The van der Waals surface area contributed by atoms with Crippen molar-refractivity contribution < 1.29 is 24.0 Å². The first kappa shape index (κ1) is 18.8. The first-order valence-electron chi connectivity index (χ1n) is 7.70. The average Bonchev–Trinajstić information content (AvgIpc) is 2.66. The molecular weight excluding hydrogens is 342 g/mol. The van der Waals surface area contributed by atoms with Crippen LogP contribution in [0.4, 0.5) is 11.4 Å². The molecule has 0 atom stereocenters. The molecule has 26 heavy (non-hydrogen) atoms. The van der Waals surface area contributed by atoms with E-state index in [2.05, 4.69) is 4.98 Å². The second-order valence-corrected chi connectivity index (χ2v) is 5.09. The molecule has 1 aromatic carbocycles. The van der Waals surface area contributed by atoms with Gasteiger partial charge in [-0.15, -0.1) is 0 Å². The molecule has 1 aromatic heterocycles. The number of nitrogens with zero attached hydrogens (tertiary/aromatic N) is 3. The third-order valence-electron chi connectivity index (χ3n) is 3.40. The van der Waals surface area contributed by atoms with Gasteiger partial charge in [0.2, 0.25) is 5.88 Å². The number of likely N-dealkylation sites (N-methyl/N-ethyl adjacent to an activating group) is 1. The van der Waals surface area contributed by atoms with E-state index in [1.54, 1.807) is 25.1 Å². The quantitative estimate of drug-likeness (QED) is 0.423. The van der Waals surface area contributed by atoms with Crippen LogP contribution < -0.4 is 9.64 Å². The number of pyridine rings is 1. The normalized spacial score (nSPS) is 10.1. The van der Waals surface area contributed by atoms with Crippen molar-refractivity contribution in [2.45, 2.75) is 6.92 Å². The van der Waals surface area contributed by atoms with Crippen molar-refractivity contribution in [3.63, 3.8) is 0 Å². The number of benzene rings is 1. The summed E-state index contributed by atoms with van der Waals surface area (Å²) in [4.78, 5) is 39.9. The number of amides is 1. The van der Waals surface area contributed by atoms with Crippen LogP contribution in [0.15, 0.2) is 42.6 Å². The molecule has 2 aromatic rings. The summed E-state index contributed by atoms with van der Waals surface area (Å²) in [5.41, 5.74) is -0.142. The number of nitro benzene ring substituents is 1. The molecule has 0 aliphatic heterocycles. The SMILES string of the molecule is CCOC(=O)c1ccc([N+](=O)[O-])cc1N(C)C(=O)COc1ccccn1. The van der Waals surface area contributed by atoms with E-state index in [4.69, 9.17) is 9.47 Å². The molecule has 0 spiro atoms. The third kappa shape index (κ3) is 4.53. The Morgan fingerprint density at radius 3 is 2.65 bits per heavy atom. The number of carbonyl (C=O) groups is 2. The molecule has 0 N–H and O–H groups in total. The Kier molecular flexibility index (Phi) is 6.20. The first-order valence-corrected chi connectivity index (χ1v) is 7.70. The molecule has 0 unspecified atom stereocenters. The molecule has 0 saturated carbocycles. The van der Waals surface area contributed by atoms with Gasteiger partial charge in [0.15, 0.2) is 6.61 Å². The number of anilines is 1. The van der Waals surface area contributed by atoms with Crippen LogP contribution in [0, 0.1) is 10.1 Å². The number of rotatable bonds is 7. The minimum atomic E-state index is -0.678. The topological polar surface area (TPSA) is 112 Å². The Hall–Kier alpha value is -3.49. The largest absolute Gasteiger partial charge is 0.468 e. The zero-order chi connectivity index (χ0) is 19.1. The predicted octanol–water partition coefficient (Wildman–Crippen LogP) is 2.21. The maximum Gasteiger partial charge on any atom is 0.340 e. The summed E-state index contributed by atoms with van der Waals surface area (Å²) in [6.07, 6.45) is 1.52. The fraction of sp³-hybridized carbons (Fsp3) is 0.235. The Bertz CT molecular complexity index is 809. The van der Waals surface area contributed by atoms with Crippen molar-refractivity contribution >= 4 is 23.3 Å². The number of nitro groups is 1. The lowest BCUT2D eigenvalue weighted by atomic mass is 10.1. The van der Waals surface area contributed by atoms with Gasteiger partial charge in [-0.1, -0.05) is 6.07 Å². The Labute approximate surface area is 149 Å². The zero-order valence-corrected chi connectivity index (χ0v) is 14.2. The second kappa shape index (κ2) is 8.56. The van der Waals surface area contributed by atoms with Crippen LogP contribution in [0.3, 0.4) is 0 Å². The monoisotopic (exact) mass is 359 g/mol. The summed E-state index contributed by atoms with van der Waals surface area (Å²) in [7, 11) is 1.39. The molecule has 136 valence electrons. The van der Waals surface area contributed by atoms with E-state index in [1.807, 2.05) is 0 Å². The van der Waals surface area contributed by atoms with E-state index in [0.717, 1.165) is 11.0 Å². The highest BCUT2D eigenvalue weighted by Gasteiger charge is 2.23. The van der Waals surface area contributed by atoms with Gasteiger partial charge in [-0.25, -0.2) is 9.78 Å².